The number of hydrogen-bond donors (Lipinski definition) is 0. The monoisotopic (exact) mass is 167 g/mol. The van der Waals surface area contributed by atoms with Crippen LogP contribution in [0.1, 0.15) is 22.5 Å². The van der Waals surface area contributed by atoms with Gasteiger partial charge in [0.25, 0.3) is 0 Å². The molecule has 2 nitrogen and oxygen atoms in total. The van der Waals surface area contributed by atoms with Gasteiger partial charge in [0.15, 0.2) is 5.78 Å². The van der Waals surface area contributed by atoms with Crippen LogP contribution in [0.5, 0.6) is 0 Å². The van der Waals surface area contributed by atoms with Gasteiger partial charge in [-0.1, -0.05) is 11.6 Å². The number of carbonyl (C=O) groups is 1. The van der Waals surface area contributed by atoms with Gasteiger partial charge in [-0.15, -0.1) is 0 Å². The lowest BCUT2D eigenvalue weighted by molar-refractivity contribution is 0.0990. The van der Waals surface area contributed by atoms with Gasteiger partial charge < -0.3 is 0 Å². The fraction of sp³-hybridized carbons (Fsp3) is 0.250. The number of aryl methyl sites for hydroxylation is 1. The van der Waals surface area contributed by atoms with Gasteiger partial charge in [0.2, 0.25) is 0 Å². The number of nitrogens with zero attached hydrogens (tertiary/aromatic N) is 1. The number of carbonyl (C=O) groups excluding carboxylic acids is 1. The summed E-state index contributed by atoms with van der Waals surface area (Å²) in [6.07, 6.45) is 2.90. The maximum absolute atomic E-state index is 11.1. The number of hydrogen-bond acceptors (Lipinski definition) is 2. The van der Waals surface area contributed by atoms with Crippen LogP contribution in [0, 0.1) is 0 Å². The summed E-state index contributed by atoms with van der Waals surface area (Å²) in [7, 11) is 0. The van der Waals surface area contributed by atoms with Crippen LogP contribution in [0.15, 0.2) is 12.3 Å². The largest absolute Gasteiger partial charge is 0.292 e. The molecule has 11 heavy (non-hydrogen) atoms. The molecular formula is C8H6ClNO. The average molecular weight is 168 g/mol. The smallest absolute Gasteiger partial charge is 0.181 e. The van der Waals surface area contributed by atoms with E-state index >= 15 is 0 Å². The molecule has 0 radical (unpaired) electrons. The first-order valence-corrected chi connectivity index (χ1v) is 3.83. The lowest BCUT2D eigenvalue weighted by Gasteiger charge is -1.94. The zero-order valence-corrected chi connectivity index (χ0v) is 6.56. The summed E-state index contributed by atoms with van der Waals surface area (Å²) in [5.41, 5.74) is 1.59. The van der Waals surface area contributed by atoms with Gasteiger partial charge in [0.05, 0.1) is 5.02 Å². The molecule has 1 aliphatic rings. The molecule has 2 rings (SSSR count). The highest BCUT2D eigenvalue weighted by Gasteiger charge is 2.20. The van der Waals surface area contributed by atoms with Crippen molar-refractivity contribution in [1.29, 1.82) is 0 Å². The first-order valence-electron chi connectivity index (χ1n) is 3.45. The Balaban J connectivity index is 2.59. The van der Waals surface area contributed by atoms with E-state index in [1.54, 1.807) is 0 Å². The molecule has 1 aromatic rings. The molecule has 0 bridgehead atoms. The van der Waals surface area contributed by atoms with Crippen molar-refractivity contribution >= 4 is 17.4 Å². The number of Topliss-reactive ketones (excluding diaryl/α,β-unsaturated/α-hetero) is 1. The van der Waals surface area contributed by atoms with Crippen LogP contribution in [-0.2, 0) is 6.42 Å². The van der Waals surface area contributed by atoms with Crippen molar-refractivity contribution < 1.29 is 4.79 Å². The topological polar surface area (TPSA) is 30.0 Å². The maximum atomic E-state index is 11.1. The molecule has 0 saturated carbocycles. The van der Waals surface area contributed by atoms with Gasteiger partial charge in [0, 0.05) is 12.6 Å². The molecule has 1 aliphatic carbocycles. The minimum absolute atomic E-state index is 0.136. The third kappa shape index (κ3) is 1.03. The number of halogens is 1. The fourth-order valence-corrected chi connectivity index (χ4v) is 1.47. The first-order chi connectivity index (χ1) is 5.27. The van der Waals surface area contributed by atoms with E-state index in [0.717, 1.165) is 12.0 Å². The predicted molar refractivity (Wildman–Crippen MR) is 41.9 cm³/mol. The van der Waals surface area contributed by atoms with Gasteiger partial charge in [-0.05, 0) is 18.1 Å². The molecule has 0 aliphatic heterocycles. The number of ketones is 1. The van der Waals surface area contributed by atoms with E-state index in [1.165, 1.54) is 6.20 Å². The normalized spacial score (nSPS) is 15.2. The Morgan fingerprint density at radius 1 is 1.45 bits per heavy atom. The highest BCUT2D eigenvalue weighted by atomic mass is 35.5. The van der Waals surface area contributed by atoms with E-state index in [2.05, 4.69) is 4.98 Å². The zero-order valence-electron chi connectivity index (χ0n) is 5.80. The van der Waals surface area contributed by atoms with E-state index < -0.39 is 0 Å². The van der Waals surface area contributed by atoms with Gasteiger partial charge >= 0.3 is 0 Å². The van der Waals surface area contributed by atoms with Crippen LogP contribution in [0.25, 0.3) is 0 Å². The summed E-state index contributed by atoms with van der Waals surface area (Å²) in [4.78, 5) is 15.0. The molecule has 0 amide bonds. The molecule has 3 heteroatoms. The molecular weight excluding hydrogens is 162 g/mol. The molecule has 0 atom stereocenters. The van der Waals surface area contributed by atoms with Crippen LogP contribution in [0.3, 0.4) is 0 Å². The second-order valence-corrected chi connectivity index (χ2v) is 3.02. The van der Waals surface area contributed by atoms with E-state index in [-0.39, 0.29) is 5.78 Å². The number of rotatable bonds is 0. The van der Waals surface area contributed by atoms with Crippen LogP contribution >= 0.6 is 11.6 Å². The second kappa shape index (κ2) is 2.31. The summed E-state index contributed by atoms with van der Waals surface area (Å²) in [5.74, 6) is 0.136. The highest BCUT2D eigenvalue weighted by Crippen LogP contribution is 2.22. The minimum Gasteiger partial charge on any atom is -0.292 e. The second-order valence-electron chi connectivity index (χ2n) is 2.58. The first kappa shape index (κ1) is 6.80. The molecule has 0 fully saturated rings. The molecule has 0 spiro atoms. The molecule has 56 valence electrons. The third-order valence-corrected chi connectivity index (χ3v) is 2.03. The van der Waals surface area contributed by atoms with E-state index in [9.17, 15) is 4.79 Å². The summed E-state index contributed by atoms with van der Waals surface area (Å²) >= 11 is 5.70. The zero-order chi connectivity index (χ0) is 7.84. The van der Waals surface area contributed by atoms with Gasteiger partial charge in [0.1, 0.15) is 5.69 Å². The lowest BCUT2D eigenvalue weighted by Crippen LogP contribution is -1.94. The van der Waals surface area contributed by atoms with Crippen LogP contribution in [0.2, 0.25) is 5.02 Å². The van der Waals surface area contributed by atoms with E-state index in [1.807, 2.05) is 6.07 Å². The predicted octanol–water partition coefficient (Wildman–Crippen LogP) is 1.86. The summed E-state index contributed by atoms with van der Waals surface area (Å²) < 4.78 is 0. The van der Waals surface area contributed by atoms with Gasteiger partial charge in [-0.2, -0.15) is 0 Å². The SMILES string of the molecule is O=C1CCc2cc(Cl)cnc21. The van der Waals surface area contributed by atoms with Crippen molar-refractivity contribution in [2.45, 2.75) is 12.8 Å². The molecule has 0 saturated heterocycles. The van der Waals surface area contributed by atoms with Gasteiger partial charge in [-0.25, -0.2) is 0 Å². The number of fused-ring (bicyclic) bond motifs is 1. The number of aromatic nitrogens is 1. The third-order valence-electron chi connectivity index (χ3n) is 1.82. The van der Waals surface area contributed by atoms with Crippen molar-refractivity contribution in [3.05, 3.63) is 28.5 Å². The summed E-state index contributed by atoms with van der Waals surface area (Å²) in [6.45, 7) is 0. The Morgan fingerprint density at radius 3 is 3.09 bits per heavy atom. The van der Waals surface area contributed by atoms with E-state index in [0.29, 0.717) is 17.1 Å². The Hall–Kier alpha value is -0.890. The van der Waals surface area contributed by atoms with Crippen molar-refractivity contribution in [2.24, 2.45) is 0 Å². The highest BCUT2D eigenvalue weighted by molar-refractivity contribution is 6.30. The van der Waals surface area contributed by atoms with E-state index in [4.69, 9.17) is 11.6 Å². The van der Waals surface area contributed by atoms with Crippen molar-refractivity contribution in [3.63, 3.8) is 0 Å². The summed E-state index contributed by atoms with van der Waals surface area (Å²) in [6, 6.07) is 1.81. The van der Waals surface area contributed by atoms with Crippen molar-refractivity contribution in [2.75, 3.05) is 0 Å². The minimum atomic E-state index is 0.136. The molecule has 0 unspecified atom stereocenters. The van der Waals surface area contributed by atoms with Crippen molar-refractivity contribution in [1.82, 2.24) is 4.98 Å². The average Bonchev–Trinajstić information content (AvgIpc) is 2.32. The van der Waals surface area contributed by atoms with Crippen LogP contribution < -0.4 is 0 Å². The lowest BCUT2D eigenvalue weighted by atomic mass is 10.2. The quantitative estimate of drug-likeness (QED) is 0.591. The maximum Gasteiger partial charge on any atom is 0.181 e. The van der Waals surface area contributed by atoms with Gasteiger partial charge in [-0.3, -0.25) is 9.78 Å². The Labute approximate surface area is 69.2 Å². The summed E-state index contributed by atoms with van der Waals surface area (Å²) in [5, 5.41) is 0.610. The molecule has 0 aromatic carbocycles. The number of pyridine rings is 1. The molecule has 1 aromatic heterocycles. The van der Waals surface area contributed by atoms with Crippen LogP contribution in [-0.4, -0.2) is 10.8 Å². The standard InChI is InChI=1S/C8H6ClNO/c9-6-3-5-1-2-7(11)8(5)10-4-6/h3-4H,1-2H2. The van der Waals surface area contributed by atoms with Crippen LogP contribution in [0.4, 0.5) is 0 Å². The molecule has 0 N–H and O–H groups in total. The fourth-order valence-electron chi connectivity index (χ4n) is 1.29. The van der Waals surface area contributed by atoms with Crippen molar-refractivity contribution in [3.8, 4) is 0 Å². The molecule has 1 heterocycles. The Kier molecular flexibility index (Phi) is 1.43. The Bertz CT molecular complexity index is 322. The Morgan fingerprint density at radius 2 is 2.27 bits per heavy atom.